The summed E-state index contributed by atoms with van der Waals surface area (Å²) in [5, 5.41) is 17.2. The quantitative estimate of drug-likeness (QED) is 0.469. The standard InChI is InChI=1S/C16H14N4O4S/c21-15(10-1-2-10)18-12-5-3-11(4-6-12)16(22)19-17-9-13-7-8-14(25-13)20(23)24/h3-10H,1-2H2,(H,18,21)(H,19,22). The van der Waals surface area contributed by atoms with Crippen LogP contribution in [-0.4, -0.2) is 23.0 Å². The minimum Gasteiger partial charge on any atom is -0.326 e. The number of nitrogens with one attached hydrogen (secondary N) is 2. The zero-order chi connectivity index (χ0) is 17.8. The molecule has 1 aliphatic rings. The van der Waals surface area contributed by atoms with E-state index in [1.807, 2.05) is 0 Å². The topological polar surface area (TPSA) is 114 Å². The molecule has 0 spiro atoms. The molecule has 1 aromatic heterocycles. The van der Waals surface area contributed by atoms with Gasteiger partial charge in [-0.1, -0.05) is 11.3 Å². The Morgan fingerprint density at radius 1 is 1.20 bits per heavy atom. The van der Waals surface area contributed by atoms with Crippen molar-refractivity contribution in [3.05, 3.63) is 57.0 Å². The molecular weight excluding hydrogens is 344 g/mol. The van der Waals surface area contributed by atoms with E-state index in [2.05, 4.69) is 15.8 Å². The van der Waals surface area contributed by atoms with Crippen molar-refractivity contribution in [2.24, 2.45) is 11.0 Å². The summed E-state index contributed by atoms with van der Waals surface area (Å²) in [5.41, 5.74) is 3.38. The number of benzene rings is 1. The molecule has 1 aliphatic carbocycles. The van der Waals surface area contributed by atoms with Crippen LogP contribution in [0.1, 0.15) is 28.1 Å². The van der Waals surface area contributed by atoms with Crippen LogP contribution >= 0.6 is 11.3 Å². The maximum absolute atomic E-state index is 12.0. The summed E-state index contributed by atoms with van der Waals surface area (Å²) in [4.78, 5) is 34.3. The summed E-state index contributed by atoms with van der Waals surface area (Å²) in [6.45, 7) is 0. The third kappa shape index (κ3) is 4.48. The van der Waals surface area contributed by atoms with E-state index in [1.165, 1.54) is 12.3 Å². The van der Waals surface area contributed by atoms with Crippen LogP contribution < -0.4 is 10.7 Å². The van der Waals surface area contributed by atoms with Gasteiger partial charge in [0.05, 0.1) is 16.0 Å². The molecule has 1 saturated carbocycles. The van der Waals surface area contributed by atoms with E-state index >= 15 is 0 Å². The molecule has 25 heavy (non-hydrogen) atoms. The molecule has 2 N–H and O–H groups in total. The normalized spacial score (nSPS) is 13.6. The second-order valence-corrected chi connectivity index (χ2v) is 6.57. The first kappa shape index (κ1) is 16.8. The number of carbonyl (C=O) groups is 2. The lowest BCUT2D eigenvalue weighted by Crippen LogP contribution is -2.18. The molecule has 8 nitrogen and oxygen atoms in total. The van der Waals surface area contributed by atoms with Crippen molar-refractivity contribution >= 4 is 40.1 Å². The first-order valence-electron chi connectivity index (χ1n) is 7.51. The molecule has 0 saturated heterocycles. The molecule has 1 aromatic carbocycles. The number of hydrogen-bond acceptors (Lipinski definition) is 6. The number of thiophene rings is 1. The van der Waals surface area contributed by atoms with Crippen LogP contribution in [0.2, 0.25) is 0 Å². The molecule has 1 heterocycles. The van der Waals surface area contributed by atoms with E-state index in [0.29, 0.717) is 16.1 Å². The monoisotopic (exact) mass is 358 g/mol. The summed E-state index contributed by atoms with van der Waals surface area (Å²) >= 11 is 0.964. The third-order valence-electron chi connectivity index (χ3n) is 3.51. The fourth-order valence-electron chi connectivity index (χ4n) is 2.02. The number of hydrazone groups is 1. The van der Waals surface area contributed by atoms with Gasteiger partial charge in [-0.3, -0.25) is 19.7 Å². The summed E-state index contributed by atoms with van der Waals surface area (Å²) < 4.78 is 0. The lowest BCUT2D eigenvalue weighted by Gasteiger charge is -2.05. The molecule has 9 heteroatoms. The Morgan fingerprint density at radius 3 is 2.52 bits per heavy atom. The Balaban J connectivity index is 1.54. The lowest BCUT2D eigenvalue weighted by atomic mass is 10.2. The molecule has 0 bridgehead atoms. The fourth-order valence-corrected chi connectivity index (χ4v) is 2.72. The number of nitro groups is 1. The molecule has 3 rings (SSSR count). The number of nitrogens with zero attached hydrogens (tertiary/aromatic N) is 2. The van der Waals surface area contributed by atoms with Gasteiger partial charge in [-0.05, 0) is 43.2 Å². The summed E-state index contributed by atoms with van der Waals surface area (Å²) in [6, 6.07) is 9.41. The van der Waals surface area contributed by atoms with Gasteiger partial charge in [0.15, 0.2) is 0 Å². The van der Waals surface area contributed by atoms with Crippen molar-refractivity contribution in [1.82, 2.24) is 5.43 Å². The first-order valence-corrected chi connectivity index (χ1v) is 8.33. The Morgan fingerprint density at radius 2 is 1.92 bits per heavy atom. The van der Waals surface area contributed by atoms with Gasteiger partial charge < -0.3 is 5.32 Å². The molecule has 2 amide bonds. The molecule has 2 aromatic rings. The van der Waals surface area contributed by atoms with Crippen LogP contribution in [0.25, 0.3) is 0 Å². The highest BCUT2D eigenvalue weighted by Crippen LogP contribution is 2.30. The van der Waals surface area contributed by atoms with E-state index in [9.17, 15) is 19.7 Å². The van der Waals surface area contributed by atoms with E-state index < -0.39 is 10.8 Å². The number of hydrogen-bond donors (Lipinski definition) is 2. The highest BCUT2D eigenvalue weighted by atomic mass is 32.1. The zero-order valence-electron chi connectivity index (χ0n) is 13.0. The van der Waals surface area contributed by atoms with Gasteiger partial charge in [0.1, 0.15) is 0 Å². The highest BCUT2D eigenvalue weighted by Gasteiger charge is 2.29. The van der Waals surface area contributed by atoms with E-state index in [1.54, 1.807) is 30.3 Å². The van der Waals surface area contributed by atoms with Crippen LogP contribution in [0.15, 0.2) is 41.5 Å². The second-order valence-electron chi connectivity index (χ2n) is 5.47. The number of rotatable bonds is 6. The SMILES string of the molecule is O=C(NN=Cc1ccc([N+](=O)[O-])s1)c1ccc(NC(=O)C2CC2)cc1. The zero-order valence-corrected chi connectivity index (χ0v) is 13.8. The Kier molecular flexibility index (Phi) is 4.85. The van der Waals surface area contributed by atoms with Gasteiger partial charge in [0.2, 0.25) is 5.91 Å². The van der Waals surface area contributed by atoms with E-state index in [4.69, 9.17) is 0 Å². The van der Waals surface area contributed by atoms with Crippen LogP contribution in [0.5, 0.6) is 0 Å². The molecule has 0 aliphatic heterocycles. The molecule has 0 radical (unpaired) electrons. The van der Waals surface area contributed by atoms with Gasteiger partial charge in [-0.2, -0.15) is 5.10 Å². The van der Waals surface area contributed by atoms with Crippen molar-refractivity contribution in [2.45, 2.75) is 12.8 Å². The van der Waals surface area contributed by atoms with Crippen molar-refractivity contribution < 1.29 is 14.5 Å². The van der Waals surface area contributed by atoms with E-state index in [0.717, 1.165) is 24.2 Å². The van der Waals surface area contributed by atoms with Gasteiger partial charge in [-0.15, -0.1) is 0 Å². The fraction of sp³-hybridized carbons (Fsp3) is 0.188. The van der Waals surface area contributed by atoms with Crippen molar-refractivity contribution in [2.75, 3.05) is 5.32 Å². The Hall–Kier alpha value is -3.07. The predicted molar refractivity (Wildman–Crippen MR) is 93.8 cm³/mol. The number of anilines is 1. The summed E-state index contributed by atoms with van der Waals surface area (Å²) in [7, 11) is 0. The summed E-state index contributed by atoms with van der Waals surface area (Å²) in [6.07, 6.45) is 3.20. The highest BCUT2D eigenvalue weighted by molar-refractivity contribution is 7.16. The van der Waals surface area contributed by atoms with Crippen molar-refractivity contribution in [1.29, 1.82) is 0 Å². The van der Waals surface area contributed by atoms with E-state index in [-0.39, 0.29) is 16.8 Å². The minimum atomic E-state index is -0.482. The van der Waals surface area contributed by atoms with Gasteiger partial charge in [0.25, 0.3) is 5.91 Å². The average Bonchev–Trinajstić information content (AvgIpc) is 3.34. The van der Waals surface area contributed by atoms with Crippen LogP contribution in [0.4, 0.5) is 10.7 Å². The van der Waals surface area contributed by atoms with Gasteiger partial charge in [0, 0.05) is 23.2 Å². The predicted octanol–water partition coefficient (Wildman–Crippen LogP) is 2.77. The molecule has 1 fully saturated rings. The summed E-state index contributed by atoms with van der Waals surface area (Å²) in [5.74, 6) is -0.292. The maximum Gasteiger partial charge on any atom is 0.324 e. The Bertz CT molecular complexity index is 840. The molecular formula is C16H14N4O4S. The van der Waals surface area contributed by atoms with Crippen LogP contribution in [0, 0.1) is 16.0 Å². The van der Waals surface area contributed by atoms with Crippen LogP contribution in [0.3, 0.4) is 0 Å². The lowest BCUT2D eigenvalue weighted by molar-refractivity contribution is -0.380. The molecule has 0 unspecified atom stereocenters. The molecule has 128 valence electrons. The van der Waals surface area contributed by atoms with Crippen molar-refractivity contribution in [3.8, 4) is 0 Å². The largest absolute Gasteiger partial charge is 0.326 e. The smallest absolute Gasteiger partial charge is 0.324 e. The second kappa shape index (κ2) is 7.22. The van der Waals surface area contributed by atoms with Crippen LogP contribution in [-0.2, 0) is 4.79 Å². The van der Waals surface area contributed by atoms with Gasteiger partial charge >= 0.3 is 5.00 Å². The third-order valence-corrected chi connectivity index (χ3v) is 4.48. The Labute approximate surface area is 146 Å². The average molecular weight is 358 g/mol. The number of amides is 2. The van der Waals surface area contributed by atoms with Gasteiger partial charge in [-0.25, -0.2) is 5.43 Å². The first-order chi connectivity index (χ1) is 12.0. The van der Waals surface area contributed by atoms with Crippen molar-refractivity contribution in [3.63, 3.8) is 0 Å². The number of carbonyl (C=O) groups excluding carboxylic acids is 2. The minimum absolute atomic E-state index is 0.00634. The molecule has 0 atom stereocenters. The maximum atomic E-state index is 12.0.